The van der Waals surface area contributed by atoms with Gasteiger partial charge in [-0.05, 0) is 56.5 Å². The van der Waals surface area contributed by atoms with E-state index in [1.807, 2.05) is 0 Å². The van der Waals surface area contributed by atoms with Crippen LogP contribution < -0.4 is 0 Å². The topological polar surface area (TPSA) is 26.3 Å². The van der Waals surface area contributed by atoms with E-state index in [0.29, 0.717) is 11.1 Å². The Bertz CT molecular complexity index is 817. The Labute approximate surface area is 161 Å². The molecule has 2 nitrogen and oxygen atoms in total. The zero-order valence-corrected chi connectivity index (χ0v) is 16.3. The first-order valence-corrected chi connectivity index (χ1v) is 8.65. The van der Waals surface area contributed by atoms with E-state index in [9.17, 15) is 26.7 Å². The molecule has 0 aliphatic carbocycles. The summed E-state index contributed by atoms with van der Waals surface area (Å²) in [5.74, 6) is -3.25. The maximum atomic E-state index is 14.9. The van der Waals surface area contributed by atoms with Crippen LogP contribution in [0.5, 0.6) is 0 Å². The predicted molar refractivity (Wildman–Crippen MR) is 98.8 cm³/mol. The number of alkyl halides is 3. The molecule has 0 spiro atoms. The quantitative estimate of drug-likeness (QED) is 0.286. The molecule has 0 N–H and O–H groups in total. The minimum atomic E-state index is -4.64. The molecular formula is C21H23F5O2. The van der Waals surface area contributed by atoms with Crippen LogP contribution in [0, 0.1) is 13.8 Å². The molecule has 0 aliphatic rings. The summed E-state index contributed by atoms with van der Waals surface area (Å²) in [6.45, 7) is 9.53. The lowest BCUT2D eigenvalue weighted by Crippen LogP contribution is -2.10. The molecule has 0 amide bonds. The van der Waals surface area contributed by atoms with Crippen LogP contribution in [-0.4, -0.2) is 12.6 Å². The smallest absolute Gasteiger partial charge is 0.416 e. The van der Waals surface area contributed by atoms with E-state index in [2.05, 4.69) is 11.3 Å². The molecule has 154 valence electrons. The van der Waals surface area contributed by atoms with E-state index >= 15 is 0 Å². The van der Waals surface area contributed by atoms with Crippen molar-refractivity contribution in [1.29, 1.82) is 0 Å². The number of carbonyl (C=O) groups excluding carboxylic acids is 1. The number of halogens is 5. The van der Waals surface area contributed by atoms with Gasteiger partial charge in [0.15, 0.2) is 5.83 Å². The molecule has 0 unspecified atom stereocenters. The van der Waals surface area contributed by atoms with Crippen molar-refractivity contribution in [3.05, 3.63) is 64.3 Å². The van der Waals surface area contributed by atoms with Gasteiger partial charge in [0.1, 0.15) is 5.83 Å². The van der Waals surface area contributed by atoms with Crippen LogP contribution in [-0.2, 0) is 15.7 Å². The fraction of sp³-hybridized carbons (Fsp3) is 0.381. The summed E-state index contributed by atoms with van der Waals surface area (Å²) in [5, 5.41) is 0. The van der Waals surface area contributed by atoms with Crippen molar-refractivity contribution in [1.82, 2.24) is 0 Å². The Kier molecular flexibility index (Phi) is 8.14. The normalized spacial score (nSPS) is 13.2. The van der Waals surface area contributed by atoms with Gasteiger partial charge in [0, 0.05) is 12.0 Å². The molecule has 0 radical (unpaired) electrons. The summed E-state index contributed by atoms with van der Waals surface area (Å²) >= 11 is 0. The Balaban J connectivity index is 3.51. The first-order valence-electron chi connectivity index (χ1n) is 8.65. The Morgan fingerprint density at radius 3 is 2.29 bits per heavy atom. The third kappa shape index (κ3) is 6.04. The number of benzene rings is 1. The van der Waals surface area contributed by atoms with Crippen LogP contribution in [0.25, 0.3) is 5.57 Å². The molecule has 0 aromatic heterocycles. The first kappa shape index (κ1) is 23.6. The molecule has 0 saturated carbocycles. The van der Waals surface area contributed by atoms with Crippen LogP contribution >= 0.6 is 0 Å². The zero-order valence-electron chi connectivity index (χ0n) is 16.3. The van der Waals surface area contributed by atoms with Crippen molar-refractivity contribution in [3.8, 4) is 0 Å². The van der Waals surface area contributed by atoms with Crippen molar-refractivity contribution in [2.75, 3.05) is 6.61 Å². The molecule has 0 aliphatic heterocycles. The van der Waals surface area contributed by atoms with Crippen molar-refractivity contribution in [2.24, 2.45) is 0 Å². The number of hydrogen-bond donors (Lipinski definition) is 0. The maximum Gasteiger partial charge on any atom is 0.416 e. The lowest BCUT2D eigenvalue weighted by molar-refractivity contribution is -0.143. The van der Waals surface area contributed by atoms with Crippen molar-refractivity contribution >= 4 is 11.5 Å². The van der Waals surface area contributed by atoms with Gasteiger partial charge in [0.25, 0.3) is 0 Å². The van der Waals surface area contributed by atoms with Crippen LogP contribution in [0.15, 0.2) is 42.0 Å². The molecule has 1 rings (SSSR count). The summed E-state index contributed by atoms with van der Waals surface area (Å²) in [6.07, 6.45) is -4.39. The maximum absolute atomic E-state index is 14.9. The van der Waals surface area contributed by atoms with E-state index in [1.165, 1.54) is 32.9 Å². The van der Waals surface area contributed by atoms with E-state index in [0.717, 1.165) is 6.07 Å². The van der Waals surface area contributed by atoms with Crippen molar-refractivity contribution < 1.29 is 31.5 Å². The second-order valence-corrected chi connectivity index (χ2v) is 6.36. The average molecular weight is 402 g/mol. The van der Waals surface area contributed by atoms with E-state index in [-0.39, 0.29) is 29.7 Å². The standard InChI is InChI=1S/C21H23F5O2/c1-6-28-18(27)10-9-17(22)20(23)15(11-12(2)3)19-13(4)7-8-16(14(19)5)21(24,25)26/h7-8,11H,2,6,9-10H2,1,3-5H3/b15-11-,20-17+. The molecule has 28 heavy (non-hydrogen) atoms. The van der Waals surface area contributed by atoms with Crippen molar-refractivity contribution in [2.45, 2.75) is 46.7 Å². The van der Waals surface area contributed by atoms with E-state index in [1.54, 1.807) is 6.92 Å². The molecule has 0 fully saturated rings. The highest BCUT2D eigenvalue weighted by atomic mass is 19.4. The molecule has 1 aromatic rings. The lowest BCUT2D eigenvalue weighted by atomic mass is 9.89. The third-order valence-electron chi connectivity index (χ3n) is 3.97. The van der Waals surface area contributed by atoms with Gasteiger partial charge in [-0.1, -0.05) is 18.2 Å². The van der Waals surface area contributed by atoms with Crippen LogP contribution in [0.3, 0.4) is 0 Å². The molecule has 0 heterocycles. The summed E-state index contributed by atoms with van der Waals surface area (Å²) in [5.41, 5.74) is -0.851. The highest BCUT2D eigenvalue weighted by Gasteiger charge is 2.34. The largest absolute Gasteiger partial charge is 0.466 e. The Hall–Kier alpha value is -2.44. The van der Waals surface area contributed by atoms with Gasteiger partial charge in [0.05, 0.1) is 18.6 Å². The fourth-order valence-electron chi connectivity index (χ4n) is 2.76. The highest BCUT2D eigenvalue weighted by molar-refractivity contribution is 5.83. The molecule has 0 atom stereocenters. The third-order valence-corrected chi connectivity index (χ3v) is 3.97. The summed E-state index contributed by atoms with van der Waals surface area (Å²) < 4.78 is 73.7. The average Bonchev–Trinajstić information content (AvgIpc) is 2.56. The molecule has 0 saturated heterocycles. The highest BCUT2D eigenvalue weighted by Crippen LogP contribution is 2.39. The van der Waals surface area contributed by atoms with Gasteiger partial charge in [-0.2, -0.15) is 13.2 Å². The number of rotatable bonds is 7. The van der Waals surface area contributed by atoms with Gasteiger partial charge in [0.2, 0.25) is 0 Å². The molecule has 0 bridgehead atoms. The predicted octanol–water partition coefficient (Wildman–Crippen LogP) is 6.78. The molecule has 1 aromatic carbocycles. The van der Waals surface area contributed by atoms with Crippen LogP contribution in [0.4, 0.5) is 22.0 Å². The Morgan fingerprint density at radius 2 is 1.79 bits per heavy atom. The molecular weight excluding hydrogens is 379 g/mol. The van der Waals surface area contributed by atoms with Gasteiger partial charge in [-0.25, -0.2) is 8.78 Å². The first-order chi connectivity index (χ1) is 12.9. The number of carbonyl (C=O) groups is 1. The summed E-state index contributed by atoms with van der Waals surface area (Å²) in [7, 11) is 0. The van der Waals surface area contributed by atoms with Gasteiger partial charge >= 0.3 is 12.1 Å². The Morgan fingerprint density at radius 1 is 1.18 bits per heavy atom. The van der Waals surface area contributed by atoms with Crippen molar-refractivity contribution in [3.63, 3.8) is 0 Å². The van der Waals surface area contributed by atoms with Crippen LogP contribution in [0.2, 0.25) is 0 Å². The fourth-order valence-corrected chi connectivity index (χ4v) is 2.76. The number of hydrogen-bond acceptors (Lipinski definition) is 2. The number of ether oxygens (including phenoxy) is 1. The zero-order chi connectivity index (χ0) is 21.6. The minimum absolute atomic E-state index is 0.0541. The van der Waals surface area contributed by atoms with Gasteiger partial charge < -0.3 is 4.74 Å². The summed E-state index contributed by atoms with van der Waals surface area (Å²) in [6, 6.07) is 2.12. The molecule has 7 heteroatoms. The lowest BCUT2D eigenvalue weighted by Gasteiger charge is -2.18. The number of allylic oxidation sites excluding steroid dienone is 5. The van der Waals surface area contributed by atoms with Gasteiger partial charge in [-0.15, -0.1) is 0 Å². The number of esters is 1. The SMILES string of the molecule is C=C(C)/C=C(\C(F)=C(/F)CCC(=O)OCC)c1c(C)ccc(C(F)(F)F)c1C. The second-order valence-electron chi connectivity index (χ2n) is 6.36. The van der Waals surface area contributed by atoms with Crippen LogP contribution in [0.1, 0.15) is 48.9 Å². The monoisotopic (exact) mass is 402 g/mol. The minimum Gasteiger partial charge on any atom is -0.466 e. The van der Waals surface area contributed by atoms with E-state index in [4.69, 9.17) is 0 Å². The second kappa shape index (κ2) is 9.66. The summed E-state index contributed by atoms with van der Waals surface area (Å²) in [4.78, 5) is 11.4. The van der Waals surface area contributed by atoms with Gasteiger partial charge in [-0.3, -0.25) is 4.79 Å². The number of aryl methyl sites for hydroxylation is 1. The van der Waals surface area contributed by atoms with E-state index < -0.39 is 35.8 Å².